The summed E-state index contributed by atoms with van der Waals surface area (Å²) in [6.45, 7) is 0. The van der Waals surface area contributed by atoms with Crippen molar-refractivity contribution in [3.63, 3.8) is 0 Å². The van der Waals surface area contributed by atoms with E-state index >= 15 is 0 Å². The number of imidazole rings is 1. The Morgan fingerprint density at radius 3 is 2.64 bits per heavy atom. The van der Waals surface area contributed by atoms with Gasteiger partial charge in [-0.1, -0.05) is 0 Å². The number of hydrogen-bond acceptors (Lipinski definition) is 6. The molecule has 0 aromatic carbocycles. The number of anilines is 1. The Balaban J connectivity index is 2.17. The van der Waals surface area contributed by atoms with E-state index in [1.54, 1.807) is 17.8 Å². The van der Waals surface area contributed by atoms with Crippen LogP contribution in [0.1, 0.15) is 17.0 Å². The predicted octanol–water partition coefficient (Wildman–Crippen LogP) is 0.734. The molecule has 0 fully saturated rings. The molecular formula is C12H12F3N7. The number of nitrogens with zero attached hydrogens (tertiary/aromatic N) is 4. The van der Waals surface area contributed by atoms with Gasteiger partial charge in [0.1, 0.15) is 17.2 Å². The lowest BCUT2D eigenvalue weighted by molar-refractivity contribution is -0.141. The van der Waals surface area contributed by atoms with E-state index in [0.29, 0.717) is 5.69 Å². The van der Waals surface area contributed by atoms with Crippen molar-refractivity contribution in [3.8, 4) is 0 Å². The molecule has 1 atom stereocenters. The van der Waals surface area contributed by atoms with Gasteiger partial charge in [0.25, 0.3) is 0 Å². The lowest BCUT2D eigenvalue weighted by Crippen LogP contribution is -2.45. The summed E-state index contributed by atoms with van der Waals surface area (Å²) in [4.78, 5) is 11.8. The Labute approximate surface area is 122 Å². The Kier molecular flexibility index (Phi) is 2.89. The largest absolute Gasteiger partial charge is 0.433 e. The van der Waals surface area contributed by atoms with Crippen molar-refractivity contribution in [2.45, 2.75) is 11.8 Å². The second kappa shape index (κ2) is 4.44. The van der Waals surface area contributed by atoms with E-state index in [9.17, 15) is 13.2 Å². The number of nitrogens with two attached hydrogens (primary N) is 2. The summed E-state index contributed by atoms with van der Waals surface area (Å²) in [5.41, 5.74) is 9.95. The van der Waals surface area contributed by atoms with E-state index in [4.69, 9.17) is 11.5 Å². The highest BCUT2D eigenvalue weighted by atomic mass is 19.4. The second-order valence-electron chi connectivity index (χ2n) is 4.90. The Morgan fingerprint density at radius 2 is 2.05 bits per heavy atom. The van der Waals surface area contributed by atoms with Crippen molar-refractivity contribution >= 4 is 11.8 Å². The van der Waals surface area contributed by atoms with E-state index in [1.807, 2.05) is 0 Å². The molecule has 3 heterocycles. The average molecular weight is 311 g/mol. The number of aromatic nitrogens is 3. The monoisotopic (exact) mass is 311 g/mol. The number of aliphatic imine (C=N–C) groups is 1. The normalized spacial score (nSPS) is 21.0. The van der Waals surface area contributed by atoms with Crippen LogP contribution in [-0.4, -0.2) is 20.5 Å². The lowest BCUT2D eigenvalue weighted by atomic mass is 9.96. The number of halogens is 3. The molecule has 1 aliphatic heterocycles. The van der Waals surface area contributed by atoms with E-state index in [2.05, 4.69) is 20.3 Å². The van der Waals surface area contributed by atoms with Gasteiger partial charge in [0.2, 0.25) is 0 Å². The Hall–Kier alpha value is -2.62. The molecular weight excluding hydrogens is 299 g/mol. The van der Waals surface area contributed by atoms with Crippen LogP contribution in [0.15, 0.2) is 29.6 Å². The fourth-order valence-corrected chi connectivity index (χ4v) is 2.22. The smallest absolute Gasteiger partial charge is 0.370 e. The zero-order chi connectivity index (χ0) is 16.1. The van der Waals surface area contributed by atoms with Crippen LogP contribution < -0.4 is 16.8 Å². The van der Waals surface area contributed by atoms with Crippen molar-refractivity contribution in [1.82, 2.24) is 14.5 Å². The zero-order valence-electron chi connectivity index (χ0n) is 11.4. The molecule has 7 nitrogen and oxygen atoms in total. The van der Waals surface area contributed by atoms with Crippen LogP contribution >= 0.6 is 0 Å². The number of fused-ring (bicyclic) bond motifs is 1. The van der Waals surface area contributed by atoms with Gasteiger partial charge in [0, 0.05) is 18.8 Å². The summed E-state index contributed by atoms with van der Waals surface area (Å²) < 4.78 is 40.0. The minimum atomic E-state index is -4.57. The zero-order valence-corrected chi connectivity index (χ0v) is 11.4. The molecule has 0 aliphatic carbocycles. The number of rotatable bonds is 1. The van der Waals surface area contributed by atoms with E-state index in [0.717, 1.165) is 6.07 Å². The fraction of sp³-hybridized carbons (Fsp3) is 0.250. The number of alkyl halides is 3. The summed E-state index contributed by atoms with van der Waals surface area (Å²) in [5.74, 6) is -0.219. The molecule has 0 spiro atoms. The average Bonchev–Trinajstić information content (AvgIpc) is 2.84. The van der Waals surface area contributed by atoms with Crippen molar-refractivity contribution in [1.29, 1.82) is 0 Å². The third kappa shape index (κ3) is 2.17. The van der Waals surface area contributed by atoms with Gasteiger partial charge >= 0.3 is 6.18 Å². The second-order valence-corrected chi connectivity index (χ2v) is 4.90. The van der Waals surface area contributed by atoms with Crippen LogP contribution in [-0.2, 0) is 18.9 Å². The molecule has 1 unspecified atom stereocenters. The van der Waals surface area contributed by atoms with Gasteiger partial charge in [-0.15, -0.1) is 0 Å². The van der Waals surface area contributed by atoms with Gasteiger partial charge in [0.05, 0.1) is 6.33 Å². The van der Waals surface area contributed by atoms with Crippen molar-refractivity contribution in [2.75, 3.05) is 5.32 Å². The fourth-order valence-electron chi connectivity index (χ4n) is 2.22. The summed E-state index contributed by atoms with van der Waals surface area (Å²) >= 11 is 0. The first-order valence-corrected chi connectivity index (χ1v) is 6.18. The number of guanidine groups is 1. The third-order valence-corrected chi connectivity index (χ3v) is 3.23. The molecule has 0 radical (unpaired) electrons. The maximum atomic E-state index is 12.8. The molecule has 5 N–H and O–H groups in total. The summed E-state index contributed by atoms with van der Waals surface area (Å²) in [6.07, 6.45) is -1.44. The van der Waals surface area contributed by atoms with Crippen LogP contribution in [0, 0.1) is 0 Å². The molecule has 2 aromatic heterocycles. The summed E-state index contributed by atoms with van der Waals surface area (Å²) in [7, 11) is 1.74. The minimum Gasteiger partial charge on any atom is -0.370 e. The molecule has 3 rings (SSSR count). The highest BCUT2D eigenvalue weighted by Crippen LogP contribution is 2.37. The number of hydrogen-bond donors (Lipinski definition) is 3. The van der Waals surface area contributed by atoms with Crippen LogP contribution in [0.5, 0.6) is 0 Å². The first-order chi connectivity index (χ1) is 10.2. The Morgan fingerprint density at radius 1 is 1.32 bits per heavy atom. The topological polar surface area (TPSA) is 107 Å². The van der Waals surface area contributed by atoms with E-state index in [1.165, 1.54) is 12.4 Å². The van der Waals surface area contributed by atoms with E-state index < -0.39 is 17.5 Å². The molecule has 2 aromatic rings. The maximum Gasteiger partial charge on any atom is 0.433 e. The SMILES string of the molecule is Cn1cnc(C2(N)N=C(N)Nc3nc(C(F)(F)F)ccc32)c1. The predicted molar refractivity (Wildman–Crippen MR) is 72.7 cm³/mol. The van der Waals surface area contributed by atoms with Gasteiger partial charge in [-0.05, 0) is 12.1 Å². The lowest BCUT2D eigenvalue weighted by Gasteiger charge is -2.30. The third-order valence-electron chi connectivity index (χ3n) is 3.23. The number of nitrogens with one attached hydrogen (secondary N) is 1. The van der Waals surface area contributed by atoms with Crippen LogP contribution in [0.2, 0.25) is 0 Å². The maximum absolute atomic E-state index is 12.8. The molecule has 1 aliphatic rings. The Bertz CT molecular complexity index is 764. The number of aryl methyl sites for hydroxylation is 1. The van der Waals surface area contributed by atoms with Crippen LogP contribution in [0.25, 0.3) is 0 Å². The molecule has 0 saturated heterocycles. The summed E-state index contributed by atoms with van der Waals surface area (Å²) in [6, 6.07) is 2.07. The first kappa shape index (κ1) is 14.3. The molecule has 10 heteroatoms. The standard InChI is InChI=1S/C12H12F3N7/c1-22-4-8(18-5-22)11(17)6-2-3-7(12(13,14)15)19-9(6)20-10(16)21-11/h2-5H,17H2,1H3,(H3,16,19,20,21). The van der Waals surface area contributed by atoms with Crippen LogP contribution in [0.4, 0.5) is 19.0 Å². The molecule has 116 valence electrons. The molecule has 0 amide bonds. The minimum absolute atomic E-state index is 0.0875. The quantitative estimate of drug-likeness (QED) is 0.720. The van der Waals surface area contributed by atoms with Gasteiger partial charge in [-0.3, -0.25) is 5.73 Å². The van der Waals surface area contributed by atoms with E-state index in [-0.39, 0.29) is 17.3 Å². The van der Waals surface area contributed by atoms with Gasteiger partial charge in [-0.2, -0.15) is 13.2 Å². The molecule has 22 heavy (non-hydrogen) atoms. The van der Waals surface area contributed by atoms with Gasteiger partial charge < -0.3 is 15.6 Å². The van der Waals surface area contributed by atoms with Gasteiger partial charge in [0.15, 0.2) is 11.6 Å². The highest BCUT2D eigenvalue weighted by Gasteiger charge is 2.40. The highest BCUT2D eigenvalue weighted by molar-refractivity contribution is 5.94. The van der Waals surface area contributed by atoms with Crippen LogP contribution in [0.3, 0.4) is 0 Å². The van der Waals surface area contributed by atoms with Crippen molar-refractivity contribution < 1.29 is 13.2 Å². The summed E-state index contributed by atoms with van der Waals surface area (Å²) in [5, 5.41) is 2.51. The van der Waals surface area contributed by atoms with Crippen molar-refractivity contribution in [2.24, 2.45) is 23.5 Å². The number of pyridine rings is 1. The molecule has 0 bridgehead atoms. The van der Waals surface area contributed by atoms with Gasteiger partial charge in [-0.25, -0.2) is 15.0 Å². The first-order valence-electron chi connectivity index (χ1n) is 6.18. The molecule has 0 saturated carbocycles. The van der Waals surface area contributed by atoms with Crippen molar-refractivity contribution in [3.05, 3.63) is 41.6 Å².